The van der Waals surface area contributed by atoms with Crippen molar-refractivity contribution in [2.75, 3.05) is 0 Å². The summed E-state index contributed by atoms with van der Waals surface area (Å²) in [5.41, 5.74) is 29.2. The molecule has 0 fully saturated rings. The summed E-state index contributed by atoms with van der Waals surface area (Å²) in [6, 6.07) is 11.4. The number of aromatic nitrogens is 5. The van der Waals surface area contributed by atoms with Crippen LogP contribution in [0.5, 0.6) is 0 Å². The summed E-state index contributed by atoms with van der Waals surface area (Å²) < 4.78 is 14.1. The molecule has 0 aliphatic carbocycles. The van der Waals surface area contributed by atoms with Crippen LogP contribution in [0.15, 0.2) is 87.1 Å². The molecule has 19 heteroatoms. The zero-order valence-corrected chi connectivity index (χ0v) is 24.6. The molecule has 0 amide bonds. The van der Waals surface area contributed by atoms with Gasteiger partial charge in [0.05, 0.1) is 58.8 Å². The van der Waals surface area contributed by atoms with E-state index in [1.807, 2.05) is 24.3 Å². The van der Waals surface area contributed by atoms with E-state index >= 15 is 0 Å². The first kappa shape index (κ1) is 37.7. The van der Waals surface area contributed by atoms with Gasteiger partial charge in [-0.2, -0.15) is 26.3 Å². The van der Waals surface area contributed by atoms with Crippen molar-refractivity contribution >= 4 is 11.3 Å². The van der Waals surface area contributed by atoms with Crippen LogP contribution in [-0.2, 0) is 0 Å². The van der Waals surface area contributed by atoms with Gasteiger partial charge in [-0.3, -0.25) is 9.97 Å². The van der Waals surface area contributed by atoms with E-state index in [0.29, 0.717) is 17.1 Å². The van der Waals surface area contributed by atoms with Crippen LogP contribution in [0, 0.1) is 56.7 Å². The van der Waals surface area contributed by atoms with Gasteiger partial charge in [-0.15, -0.1) is 11.3 Å². The molecule has 5 aromatic heterocycles. The summed E-state index contributed by atoms with van der Waals surface area (Å²) in [6.45, 7) is 0. The molecule has 0 aliphatic rings. The number of nitrogens with two attached hydrogens (primary N) is 5. The topological polar surface area (TPSA) is 353 Å². The molecule has 0 bridgehead atoms. The van der Waals surface area contributed by atoms with Crippen LogP contribution in [0.1, 0.15) is 58.1 Å². The van der Waals surface area contributed by atoms with E-state index in [-0.39, 0.29) is 5.89 Å². The maximum absolute atomic E-state index is 8.37. The van der Waals surface area contributed by atoms with Crippen molar-refractivity contribution in [2.45, 2.75) is 30.2 Å². The van der Waals surface area contributed by atoms with Crippen LogP contribution in [0.3, 0.4) is 0 Å². The van der Waals surface area contributed by atoms with Gasteiger partial charge in [-0.1, -0.05) is 6.07 Å². The highest BCUT2D eigenvalue weighted by molar-refractivity contribution is 7.09. The van der Waals surface area contributed by atoms with Gasteiger partial charge in [0.25, 0.3) is 0 Å². The lowest BCUT2D eigenvalue weighted by Gasteiger charge is -1.98. The SMILES string of the molecule is N#CC(N)c1ccccn1.N#CC(N)c1cnco1.N#CC(N)c1cncs1.N#CC(N)c1cocn1.N#CC(N)c1ncco1. The summed E-state index contributed by atoms with van der Waals surface area (Å²) in [6.07, 6.45) is 11.3. The second kappa shape index (κ2) is 22.2. The molecular weight excluding hydrogens is 614 g/mol. The van der Waals surface area contributed by atoms with Crippen LogP contribution >= 0.6 is 11.3 Å². The molecule has 0 spiro atoms. The standard InChI is InChI=1S/C7H7N3.3C5H5N3O.C5H5N3S/c8-5-6(9)7-3-1-2-4-10-7;6-1-4(7)5-2-9-3-8-5;6-1-4(7)5-2-8-3-9-5;6-3-4(7)5-8-1-2-9-5;6-1-4(7)5-2-8-3-9-5/h1-4,6H,9H2;2*2-4H,7H2;1-2,4H,7H2;2-4H,7H2. The van der Waals surface area contributed by atoms with Gasteiger partial charge < -0.3 is 41.9 Å². The largest absolute Gasteiger partial charge is 0.451 e. The third kappa shape index (κ3) is 14.2. The summed E-state index contributed by atoms with van der Waals surface area (Å²) in [4.78, 5) is 19.4. The van der Waals surface area contributed by atoms with Crippen LogP contribution < -0.4 is 28.7 Å². The molecule has 46 heavy (non-hydrogen) atoms. The molecule has 10 N–H and O–H groups in total. The number of nitrogens with zero attached hydrogens (tertiary/aromatic N) is 10. The number of pyridine rings is 1. The molecule has 5 atom stereocenters. The first-order valence-corrected chi connectivity index (χ1v) is 13.3. The molecule has 18 nitrogen and oxygen atoms in total. The van der Waals surface area contributed by atoms with Gasteiger partial charge in [-0.25, -0.2) is 15.0 Å². The third-order valence-corrected chi connectivity index (χ3v) is 5.56. The van der Waals surface area contributed by atoms with Gasteiger partial charge in [-0.05, 0) is 12.1 Å². The fourth-order valence-electron chi connectivity index (χ4n) is 2.40. The Morgan fingerprint density at radius 1 is 0.652 bits per heavy atom. The molecule has 5 rings (SSSR count). The fraction of sp³-hybridized carbons (Fsp3) is 0.185. The second-order valence-corrected chi connectivity index (χ2v) is 8.80. The number of nitriles is 5. The highest BCUT2D eigenvalue weighted by Crippen LogP contribution is 2.12. The monoisotopic (exact) mass is 641 g/mol. The summed E-state index contributed by atoms with van der Waals surface area (Å²) >= 11 is 1.40. The average molecular weight is 642 g/mol. The van der Waals surface area contributed by atoms with E-state index in [2.05, 4.69) is 29.3 Å². The normalized spacial score (nSPS) is 12.3. The number of thiazole rings is 1. The van der Waals surface area contributed by atoms with E-state index in [1.165, 1.54) is 49.0 Å². The van der Waals surface area contributed by atoms with Crippen molar-refractivity contribution in [1.29, 1.82) is 26.3 Å². The molecule has 0 saturated heterocycles. The van der Waals surface area contributed by atoms with Crippen molar-refractivity contribution in [2.24, 2.45) is 28.7 Å². The Bertz CT molecular complexity index is 1480. The Kier molecular flexibility index (Phi) is 18.2. The number of rotatable bonds is 5. The lowest BCUT2D eigenvalue weighted by atomic mass is 10.2. The molecule has 0 aliphatic heterocycles. The van der Waals surface area contributed by atoms with Crippen molar-refractivity contribution in [3.05, 3.63) is 102 Å². The molecule has 0 aromatic carbocycles. The third-order valence-electron chi connectivity index (χ3n) is 4.71. The minimum absolute atomic E-state index is 0.262. The van der Waals surface area contributed by atoms with E-state index < -0.39 is 30.2 Å². The van der Waals surface area contributed by atoms with Gasteiger partial charge in [0.1, 0.15) is 36.3 Å². The Labute approximate surface area is 266 Å². The summed E-state index contributed by atoms with van der Waals surface area (Å²) in [5, 5.41) is 41.4. The molecule has 5 heterocycles. The van der Waals surface area contributed by atoms with Crippen molar-refractivity contribution in [3.8, 4) is 30.3 Å². The zero-order valence-electron chi connectivity index (χ0n) is 23.8. The molecule has 0 radical (unpaired) electrons. The molecule has 0 saturated carbocycles. The molecule has 234 valence electrons. The van der Waals surface area contributed by atoms with Crippen LogP contribution in [-0.4, -0.2) is 24.9 Å². The van der Waals surface area contributed by atoms with E-state index in [4.69, 9.17) is 63.8 Å². The zero-order chi connectivity index (χ0) is 34.2. The number of hydrogen-bond acceptors (Lipinski definition) is 19. The van der Waals surface area contributed by atoms with E-state index in [1.54, 1.807) is 42.2 Å². The number of oxazole rings is 3. The second-order valence-electron chi connectivity index (χ2n) is 7.88. The highest BCUT2D eigenvalue weighted by atomic mass is 32.1. The minimum Gasteiger partial charge on any atom is -0.451 e. The van der Waals surface area contributed by atoms with Crippen molar-refractivity contribution in [3.63, 3.8) is 0 Å². The van der Waals surface area contributed by atoms with Crippen LogP contribution in [0.4, 0.5) is 0 Å². The summed E-state index contributed by atoms with van der Waals surface area (Å²) in [7, 11) is 0. The van der Waals surface area contributed by atoms with Crippen molar-refractivity contribution in [1.82, 2.24) is 24.9 Å². The first-order chi connectivity index (χ1) is 22.2. The first-order valence-electron chi connectivity index (χ1n) is 12.4. The predicted octanol–water partition coefficient (Wildman–Crippen LogP) is 1.87. The predicted molar refractivity (Wildman–Crippen MR) is 159 cm³/mol. The average Bonchev–Trinajstić information content (AvgIpc) is 3.95. The smallest absolute Gasteiger partial charge is 0.225 e. The van der Waals surface area contributed by atoms with Gasteiger partial charge in [0, 0.05) is 12.4 Å². The Hall–Kier alpha value is -6.34. The van der Waals surface area contributed by atoms with Crippen molar-refractivity contribution < 1.29 is 13.3 Å². The van der Waals surface area contributed by atoms with Crippen LogP contribution in [0.2, 0.25) is 0 Å². The quantitative estimate of drug-likeness (QED) is 0.183. The lowest BCUT2D eigenvalue weighted by molar-refractivity contribution is 0.481. The maximum Gasteiger partial charge on any atom is 0.225 e. The maximum atomic E-state index is 8.37. The molecular formula is C27H27N15O3S. The molecule has 5 unspecified atom stereocenters. The lowest BCUT2D eigenvalue weighted by Crippen LogP contribution is -2.08. The van der Waals surface area contributed by atoms with E-state index in [0.717, 1.165) is 4.88 Å². The van der Waals surface area contributed by atoms with Gasteiger partial charge in [0.15, 0.2) is 30.6 Å². The Morgan fingerprint density at radius 2 is 1.33 bits per heavy atom. The summed E-state index contributed by atoms with van der Waals surface area (Å²) in [5.74, 6) is 0.662. The Balaban J connectivity index is 0.000000288. The minimum atomic E-state index is -0.736. The highest BCUT2D eigenvalue weighted by Gasteiger charge is 2.07. The van der Waals surface area contributed by atoms with Gasteiger partial charge >= 0.3 is 0 Å². The molecule has 5 aromatic rings. The number of hydrogen-bond donors (Lipinski definition) is 5. The fourth-order valence-corrected chi connectivity index (χ4v) is 2.96. The van der Waals surface area contributed by atoms with E-state index in [9.17, 15) is 0 Å². The Morgan fingerprint density at radius 3 is 1.78 bits per heavy atom. The van der Waals surface area contributed by atoms with Gasteiger partial charge in [0.2, 0.25) is 5.89 Å². The van der Waals surface area contributed by atoms with Crippen LogP contribution in [0.25, 0.3) is 0 Å².